The first-order chi connectivity index (χ1) is 12.4. The number of amides is 3. The first-order valence-electron chi connectivity index (χ1n) is 8.57. The number of rotatable bonds is 5. The third kappa shape index (κ3) is 4.36. The number of imide groups is 1. The summed E-state index contributed by atoms with van der Waals surface area (Å²) in [5.74, 6) is -0.770. The summed E-state index contributed by atoms with van der Waals surface area (Å²) in [6.45, 7) is 5.05. The highest BCUT2D eigenvalue weighted by Crippen LogP contribution is 2.39. The van der Waals surface area contributed by atoms with E-state index < -0.39 is 38.9 Å². The third-order valence-electron chi connectivity index (χ3n) is 4.24. The van der Waals surface area contributed by atoms with Crippen molar-refractivity contribution in [3.8, 4) is 0 Å². The van der Waals surface area contributed by atoms with E-state index in [1.165, 1.54) is 6.26 Å². The van der Waals surface area contributed by atoms with Gasteiger partial charge in [0.25, 0.3) is 11.8 Å². The predicted molar refractivity (Wildman–Crippen MR) is 99.9 cm³/mol. The maximum Gasteiger partial charge on any atom is 0.407 e. The molecule has 1 aromatic carbocycles. The average Bonchev–Trinajstić information content (AvgIpc) is 3.12. The minimum Gasteiger partial charge on any atom is -0.444 e. The molecule has 1 aromatic rings. The van der Waals surface area contributed by atoms with Crippen LogP contribution in [0, 0.1) is 0 Å². The molecule has 0 bridgehead atoms. The van der Waals surface area contributed by atoms with Crippen LogP contribution in [0.15, 0.2) is 24.3 Å². The number of alkyl carbamates (subject to hydrolysis) is 1. The molecule has 1 fully saturated rings. The van der Waals surface area contributed by atoms with Gasteiger partial charge in [0.2, 0.25) is 0 Å². The molecule has 148 valence electrons. The Labute approximate surface area is 157 Å². The van der Waals surface area contributed by atoms with Crippen molar-refractivity contribution in [2.75, 3.05) is 24.5 Å². The lowest BCUT2D eigenvalue weighted by molar-refractivity contribution is 0.0475. The van der Waals surface area contributed by atoms with Crippen LogP contribution >= 0.6 is 0 Å². The van der Waals surface area contributed by atoms with Crippen molar-refractivity contribution in [3.63, 3.8) is 0 Å². The van der Waals surface area contributed by atoms with Gasteiger partial charge in [0.1, 0.15) is 5.60 Å². The number of ether oxygens (including phenoxy) is 1. The summed E-state index contributed by atoms with van der Waals surface area (Å²) in [4.78, 5) is 38.4. The topological polar surface area (TPSA) is 105 Å². The molecule has 3 rings (SSSR count). The van der Waals surface area contributed by atoms with Crippen LogP contribution in [0.5, 0.6) is 0 Å². The molecule has 0 radical (unpaired) electrons. The molecule has 8 nitrogen and oxygen atoms in total. The summed E-state index contributed by atoms with van der Waals surface area (Å²) in [6.07, 6.45) is 0.796. The summed E-state index contributed by atoms with van der Waals surface area (Å²) < 4.78 is 23.1. The van der Waals surface area contributed by atoms with E-state index >= 15 is 0 Å². The number of fused-ring (bicyclic) bond motifs is 1. The number of hydrogen-bond acceptors (Lipinski definition) is 6. The minimum absolute atomic E-state index is 0.00382. The summed E-state index contributed by atoms with van der Waals surface area (Å²) in [5.41, 5.74) is -0.0774. The molecular weight excluding hydrogens is 372 g/mol. The molecule has 27 heavy (non-hydrogen) atoms. The van der Waals surface area contributed by atoms with Crippen LogP contribution in [0.3, 0.4) is 0 Å². The van der Waals surface area contributed by atoms with E-state index in [2.05, 4.69) is 5.32 Å². The molecule has 1 atom stereocenters. The Morgan fingerprint density at radius 2 is 1.78 bits per heavy atom. The molecule has 2 aliphatic rings. The number of carbonyl (C=O) groups is 3. The maximum absolute atomic E-state index is 12.7. The van der Waals surface area contributed by atoms with Crippen molar-refractivity contribution in [1.82, 2.24) is 10.2 Å². The van der Waals surface area contributed by atoms with Crippen molar-refractivity contribution in [1.29, 1.82) is 0 Å². The second-order valence-corrected chi connectivity index (χ2v) is 12.3. The molecule has 0 aromatic heterocycles. The number of hydrogen-bond donors (Lipinski definition) is 1. The number of nitrogens with one attached hydrogen (secondary N) is 1. The lowest BCUT2D eigenvalue weighted by Crippen LogP contribution is -2.51. The second kappa shape index (κ2) is 6.13. The Kier molecular flexibility index (Phi) is 4.43. The van der Waals surface area contributed by atoms with Crippen molar-refractivity contribution in [3.05, 3.63) is 35.4 Å². The molecule has 0 spiro atoms. The van der Waals surface area contributed by atoms with Gasteiger partial charge in [0.05, 0.1) is 29.5 Å². The van der Waals surface area contributed by atoms with Crippen LogP contribution in [0.1, 0.15) is 41.5 Å². The van der Waals surface area contributed by atoms with Gasteiger partial charge in [0, 0.05) is 6.26 Å². The smallest absolute Gasteiger partial charge is 0.407 e. The van der Waals surface area contributed by atoms with Gasteiger partial charge in [-0.15, -0.1) is 0 Å². The fourth-order valence-electron chi connectivity index (χ4n) is 2.95. The molecule has 1 N–H and O–H groups in total. The zero-order valence-electron chi connectivity index (χ0n) is 15.8. The summed E-state index contributed by atoms with van der Waals surface area (Å²) >= 11 is 0. The normalized spacial score (nSPS) is 22.4. The van der Waals surface area contributed by atoms with E-state index in [9.17, 15) is 18.6 Å². The lowest BCUT2D eigenvalue weighted by Gasteiger charge is -2.30. The molecule has 2 aliphatic heterocycles. The van der Waals surface area contributed by atoms with Gasteiger partial charge in [-0.2, -0.15) is 9.35 Å². The van der Waals surface area contributed by atoms with Crippen LogP contribution in [0.2, 0.25) is 0 Å². The van der Waals surface area contributed by atoms with Crippen LogP contribution in [-0.2, 0) is 18.3 Å². The Morgan fingerprint density at radius 1 is 1.26 bits per heavy atom. The Balaban J connectivity index is 1.78. The van der Waals surface area contributed by atoms with E-state index in [1.54, 1.807) is 45.0 Å². The summed E-state index contributed by atoms with van der Waals surface area (Å²) in [7, 11) is -3.28. The van der Waals surface area contributed by atoms with Gasteiger partial charge in [-0.25, -0.2) is 9.00 Å². The van der Waals surface area contributed by atoms with Crippen molar-refractivity contribution in [2.24, 2.45) is 0 Å². The highest BCUT2D eigenvalue weighted by atomic mass is 32.3. The number of benzene rings is 1. The van der Waals surface area contributed by atoms with E-state index in [1.807, 2.05) is 0 Å². The molecule has 0 saturated carbocycles. The molecule has 2 heterocycles. The van der Waals surface area contributed by atoms with E-state index in [0.717, 1.165) is 4.90 Å². The third-order valence-corrected chi connectivity index (χ3v) is 6.72. The summed E-state index contributed by atoms with van der Waals surface area (Å²) in [5, 5.41) is 2.63. The van der Waals surface area contributed by atoms with Crippen molar-refractivity contribution < 1.29 is 27.5 Å². The van der Waals surface area contributed by atoms with Gasteiger partial charge in [-0.05, 0) is 32.9 Å². The highest BCUT2D eigenvalue weighted by Gasteiger charge is 2.45. The summed E-state index contributed by atoms with van der Waals surface area (Å²) in [6, 6.07) is 5.77. The molecular formula is C18H24N2O6S. The lowest BCUT2D eigenvalue weighted by atomic mass is 10.1. The molecule has 9 heteroatoms. The molecule has 0 unspecified atom stereocenters. The maximum atomic E-state index is 12.7. The Hall–Kier alpha value is -2.26. The van der Waals surface area contributed by atoms with E-state index in [4.69, 9.17) is 8.92 Å². The van der Waals surface area contributed by atoms with Gasteiger partial charge >= 0.3 is 6.09 Å². The zero-order valence-corrected chi connectivity index (χ0v) is 16.6. The predicted octanol–water partition coefficient (Wildman–Crippen LogP) is 1.53. The van der Waals surface area contributed by atoms with Crippen LogP contribution in [0.25, 0.3) is 0 Å². The minimum atomic E-state index is -3.28. The zero-order chi connectivity index (χ0) is 20.1. The SMILES string of the molecule is CC(C)(C)OC(=O)N[C@H](CN1C(=O)c2ccccc2C1=O)CS1(C)(=O)CO1. The van der Waals surface area contributed by atoms with Crippen LogP contribution in [-0.4, -0.2) is 63.2 Å². The molecule has 0 aliphatic carbocycles. The van der Waals surface area contributed by atoms with Gasteiger partial charge in [0.15, 0.2) is 5.94 Å². The van der Waals surface area contributed by atoms with Gasteiger partial charge in [-0.3, -0.25) is 18.7 Å². The van der Waals surface area contributed by atoms with Gasteiger partial charge in [-0.1, -0.05) is 12.1 Å². The second-order valence-electron chi connectivity index (χ2n) is 8.17. The first kappa shape index (κ1) is 19.5. The fraction of sp³-hybridized carbons (Fsp3) is 0.500. The van der Waals surface area contributed by atoms with Crippen molar-refractivity contribution >= 4 is 27.3 Å². The Morgan fingerprint density at radius 3 is 2.22 bits per heavy atom. The largest absolute Gasteiger partial charge is 0.444 e. The van der Waals surface area contributed by atoms with Crippen LogP contribution in [0.4, 0.5) is 4.79 Å². The fourth-order valence-corrected chi connectivity index (χ4v) is 5.16. The highest BCUT2D eigenvalue weighted by molar-refractivity contribution is 8.19. The monoisotopic (exact) mass is 396 g/mol. The molecule has 3 amide bonds. The Bertz CT molecular complexity index is 845. The number of nitrogens with zero attached hydrogens (tertiary/aromatic N) is 1. The first-order valence-corrected chi connectivity index (χ1v) is 11.2. The quantitative estimate of drug-likeness (QED) is 0.598. The standard InChI is InChI=1S/C18H24N2O6S/c1-18(2,3)26-17(23)19-12(10-27(4,24)11-25-27)9-20-15(21)13-7-5-6-8-14(13)16(20)22/h5-8,12H,9-11H2,1-4H3,(H,19,23)/t12-/m1/s1. The molecule has 1 saturated heterocycles. The number of carbonyl (C=O) groups excluding carboxylic acids is 3. The van der Waals surface area contributed by atoms with Crippen LogP contribution < -0.4 is 5.32 Å². The van der Waals surface area contributed by atoms with E-state index in [0.29, 0.717) is 11.1 Å². The van der Waals surface area contributed by atoms with Crippen molar-refractivity contribution in [2.45, 2.75) is 32.4 Å². The van der Waals surface area contributed by atoms with E-state index in [-0.39, 0.29) is 18.2 Å². The average molecular weight is 396 g/mol. The van der Waals surface area contributed by atoms with Gasteiger partial charge < -0.3 is 10.1 Å².